The van der Waals surface area contributed by atoms with Crippen LogP contribution in [-0.2, 0) is 10.0 Å². The van der Waals surface area contributed by atoms with E-state index >= 15 is 0 Å². The van der Waals surface area contributed by atoms with Crippen LogP contribution in [0.5, 0.6) is 0 Å². The molecule has 6 heterocycles. The highest BCUT2D eigenvalue weighted by Crippen LogP contribution is 2.28. The van der Waals surface area contributed by atoms with Gasteiger partial charge in [0.05, 0.1) is 4.90 Å². The van der Waals surface area contributed by atoms with Crippen molar-refractivity contribution in [3.05, 3.63) is 133 Å². The molecule has 8 N–H and O–H groups in total. The van der Waals surface area contributed by atoms with Crippen LogP contribution in [0.15, 0.2) is 121 Å². The topological polar surface area (TPSA) is 216 Å². The highest BCUT2D eigenvalue weighted by molar-refractivity contribution is 7.89. The molecule has 9 rings (SSSR count). The van der Waals surface area contributed by atoms with Crippen molar-refractivity contribution in [2.45, 2.75) is 143 Å². The Morgan fingerprint density at radius 1 is 0.526 bits per heavy atom. The normalized spacial score (nSPS) is 14.2. The van der Waals surface area contributed by atoms with Crippen LogP contribution in [0.1, 0.15) is 111 Å². The van der Waals surface area contributed by atoms with Gasteiger partial charge in [-0.25, -0.2) is 28.1 Å². The molecule has 0 amide bonds. The lowest BCUT2D eigenvalue weighted by Gasteiger charge is -2.29. The number of aromatic nitrogens is 7. The number of anilines is 10. The third kappa shape index (κ3) is 18.4. The fourth-order valence-corrected chi connectivity index (χ4v) is 9.80. The quantitative estimate of drug-likeness (QED) is 0.0508. The van der Waals surface area contributed by atoms with Crippen LogP contribution in [0.4, 0.5) is 58.0 Å². The lowest BCUT2D eigenvalue weighted by molar-refractivity contribution is 0.427. The van der Waals surface area contributed by atoms with Gasteiger partial charge in [-0.1, -0.05) is 18.2 Å². The SMILES string of the molecule is Cc1cnc(NC(C)(C)C)nc1Nc1cccc(-n2cccc2)c1.Cc1cnc(NC(C)(C)C)nc1Nc1cccc(N2CCCCC2)c1.Cc1cnc(NC(C)(C)C)nc1Nc1cccc(S(=O)(=O)NC2CCNCC2)c1. The van der Waals surface area contributed by atoms with Crippen molar-refractivity contribution in [3.63, 3.8) is 0 Å². The van der Waals surface area contributed by atoms with E-state index in [4.69, 9.17) is 0 Å². The molecular weight excluding hydrogens is 997 g/mol. The van der Waals surface area contributed by atoms with E-state index in [0.717, 1.165) is 84.4 Å². The van der Waals surface area contributed by atoms with E-state index in [-0.39, 0.29) is 27.6 Å². The molecule has 416 valence electrons. The van der Waals surface area contributed by atoms with E-state index < -0.39 is 10.0 Å². The molecule has 0 bridgehead atoms. The minimum atomic E-state index is -3.58. The van der Waals surface area contributed by atoms with Gasteiger partial charge in [-0.2, -0.15) is 15.0 Å². The van der Waals surface area contributed by atoms with Gasteiger partial charge in [0.1, 0.15) is 17.5 Å². The summed E-state index contributed by atoms with van der Waals surface area (Å²) in [4.78, 5) is 29.5. The Bertz CT molecular complexity index is 3150. The first-order valence-corrected chi connectivity index (χ1v) is 28.5. The number of piperidine rings is 2. The molecule has 4 aromatic heterocycles. The average molecular weight is 1080 g/mol. The smallest absolute Gasteiger partial charge is 0.240 e. The third-order valence-electron chi connectivity index (χ3n) is 12.3. The molecular formula is C59H82N16O2S. The fourth-order valence-electron chi connectivity index (χ4n) is 8.45. The summed E-state index contributed by atoms with van der Waals surface area (Å²) >= 11 is 0. The largest absolute Gasteiger partial charge is 0.371 e. The number of aryl methyl sites for hydroxylation is 3. The predicted octanol–water partition coefficient (Wildman–Crippen LogP) is 12.0. The summed E-state index contributed by atoms with van der Waals surface area (Å²) in [6.07, 6.45) is 15.0. The molecule has 2 saturated heterocycles. The summed E-state index contributed by atoms with van der Waals surface area (Å²) in [6, 6.07) is 27.6. The lowest BCUT2D eigenvalue weighted by Crippen LogP contribution is -2.42. The Morgan fingerprint density at radius 2 is 0.936 bits per heavy atom. The number of benzene rings is 3. The molecule has 78 heavy (non-hydrogen) atoms. The number of nitrogens with zero attached hydrogens (tertiary/aromatic N) is 8. The fraction of sp³-hybridized carbons (Fsp3) is 0.424. The van der Waals surface area contributed by atoms with Crippen LogP contribution in [0.2, 0.25) is 0 Å². The number of hydrogen-bond donors (Lipinski definition) is 8. The van der Waals surface area contributed by atoms with E-state index in [9.17, 15) is 8.42 Å². The molecule has 2 aliphatic heterocycles. The minimum Gasteiger partial charge on any atom is -0.371 e. The Kier molecular flexibility index (Phi) is 19.3. The first-order valence-electron chi connectivity index (χ1n) is 27.0. The lowest BCUT2D eigenvalue weighted by atomic mass is 10.1. The van der Waals surface area contributed by atoms with Crippen LogP contribution < -0.4 is 46.8 Å². The van der Waals surface area contributed by atoms with Gasteiger partial charge in [-0.15, -0.1) is 0 Å². The molecule has 0 aliphatic carbocycles. The van der Waals surface area contributed by atoms with Crippen molar-refractivity contribution in [2.24, 2.45) is 0 Å². The molecule has 0 saturated carbocycles. The molecule has 7 aromatic rings. The molecule has 0 atom stereocenters. The zero-order valence-corrected chi connectivity index (χ0v) is 48.5. The zero-order valence-electron chi connectivity index (χ0n) is 47.7. The van der Waals surface area contributed by atoms with Gasteiger partial charge in [-0.3, -0.25) is 0 Å². The van der Waals surface area contributed by atoms with E-state index in [0.29, 0.717) is 29.4 Å². The van der Waals surface area contributed by atoms with E-state index in [1.165, 1.54) is 24.9 Å². The van der Waals surface area contributed by atoms with Gasteiger partial charge < -0.3 is 46.7 Å². The van der Waals surface area contributed by atoms with Crippen LogP contribution in [0.25, 0.3) is 5.69 Å². The summed E-state index contributed by atoms with van der Waals surface area (Å²) in [5.41, 5.74) is 7.67. The van der Waals surface area contributed by atoms with Crippen molar-refractivity contribution in [2.75, 3.05) is 63.0 Å². The summed E-state index contributed by atoms with van der Waals surface area (Å²) in [5.74, 6) is 4.07. The predicted molar refractivity (Wildman–Crippen MR) is 321 cm³/mol. The van der Waals surface area contributed by atoms with E-state index in [1.54, 1.807) is 24.4 Å². The van der Waals surface area contributed by atoms with E-state index in [2.05, 4.69) is 159 Å². The second-order valence-corrected chi connectivity index (χ2v) is 24.8. The highest BCUT2D eigenvalue weighted by atomic mass is 32.2. The van der Waals surface area contributed by atoms with Crippen molar-refractivity contribution >= 4 is 68.1 Å². The first kappa shape index (κ1) is 58.3. The van der Waals surface area contributed by atoms with E-state index in [1.807, 2.05) is 96.7 Å². The van der Waals surface area contributed by atoms with Gasteiger partial charge in [0.2, 0.25) is 27.9 Å². The van der Waals surface area contributed by atoms with Crippen LogP contribution in [-0.4, -0.2) is 91.7 Å². The van der Waals surface area contributed by atoms with Crippen molar-refractivity contribution in [3.8, 4) is 5.69 Å². The van der Waals surface area contributed by atoms with Gasteiger partial charge in [0, 0.05) is 112 Å². The monoisotopic (exact) mass is 1080 g/mol. The highest BCUT2D eigenvalue weighted by Gasteiger charge is 2.23. The standard InChI is InChI=1S/C20H30N6O2S.C20H29N5.C19H23N5/c1-14-13-22-19(25-20(2,3)4)24-18(14)23-16-6-5-7-17(12-16)29(27,28)26-15-8-10-21-11-9-15;1-15-14-21-19(24-20(2,3)4)23-18(15)22-16-9-8-10-17(13-16)25-11-6-5-7-12-25;1-14-13-20-18(23-19(2,3)4)22-17(14)21-15-8-7-9-16(12-15)24-10-5-6-11-24/h5-7,12-13,15,21,26H,8-11H2,1-4H3,(H2,22,23,24,25);8-10,13-14H,5-7,11-12H2,1-4H3,(H2,21,22,23,24);5-13H,1-4H3,(H2,20,21,22,23). The summed E-state index contributed by atoms with van der Waals surface area (Å²) in [5, 5.41) is 23.2. The summed E-state index contributed by atoms with van der Waals surface area (Å²) in [7, 11) is -3.58. The number of sulfonamides is 1. The summed E-state index contributed by atoms with van der Waals surface area (Å²) in [6.45, 7) is 28.6. The number of rotatable bonds is 14. The third-order valence-corrected chi connectivity index (χ3v) is 13.8. The molecule has 0 unspecified atom stereocenters. The second-order valence-electron chi connectivity index (χ2n) is 23.1. The summed E-state index contributed by atoms with van der Waals surface area (Å²) < 4.78 is 30.5. The Balaban J connectivity index is 0.000000170. The molecule has 0 spiro atoms. The van der Waals surface area contributed by atoms with Gasteiger partial charge in [0.15, 0.2) is 0 Å². The maximum Gasteiger partial charge on any atom is 0.240 e. The molecule has 3 aromatic carbocycles. The second kappa shape index (κ2) is 25.9. The van der Waals surface area contributed by atoms with Crippen molar-refractivity contribution in [1.29, 1.82) is 0 Å². The van der Waals surface area contributed by atoms with Gasteiger partial charge in [-0.05, 0) is 195 Å². The maximum atomic E-state index is 12.8. The Hall–Kier alpha value is -7.35. The number of hydrogen-bond acceptors (Lipinski definition) is 16. The van der Waals surface area contributed by atoms with Crippen LogP contribution in [0.3, 0.4) is 0 Å². The Morgan fingerprint density at radius 3 is 1.38 bits per heavy atom. The minimum absolute atomic E-state index is 0.0343. The maximum absolute atomic E-state index is 12.8. The first-order chi connectivity index (χ1) is 36.9. The van der Waals surface area contributed by atoms with Crippen molar-refractivity contribution < 1.29 is 8.42 Å². The number of nitrogens with one attached hydrogen (secondary N) is 8. The average Bonchev–Trinajstić information content (AvgIpc) is 3.94. The van der Waals surface area contributed by atoms with Crippen molar-refractivity contribution in [1.82, 2.24) is 44.5 Å². The zero-order chi connectivity index (χ0) is 56.1. The molecule has 19 heteroatoms. The Labute approximate surface area is 463 Å². The van der Waals surface area contributed by atoms with Crippen LogP contribution >= 0.6 is 0 Å². The van der Waals surface area contributed by atoms with Crippen LogP contribution in [0, 0.1) is 20.8 Å². The van der Waals surface area contributed by atoms with Gasteiger partial charge in [0.25, 0.3) is 0 Å². The molecule has 2 fully saturated rings. The molecule has 18 nitrogen and oxygen atoms in total. The molecule has 0 radical (unpaired) electrons. The van der Waals surface area contributed by atoms with Gasteiger partial charge >= 0.3 is 0 Å². The molecule has 2 aliphatic rings.